The fourth-order valence-electron chi connectivity index (χ4n) is 9.05. The number of rotatable bonds is 20. The number of fused-ring (bicyclic) bond motifs is 3. The lowest BCUT2D eigenvalue weighted by Gasteiger charge is -2.43. The van der Waals surface area contributed by atoms with Gasteiger partial charge in [-0.1, -0.05) is 83.9 Å². The van der Waals surface area contributed by atoms with E-state index in [-0.39, 0.29) is 48.9 Å². The molecule has 5 fully saturated rings. The van der Waals surface area contributed by atoms with E-state index in [0.29, 0.717) is 63.2 Å². The van der Waals surface area contributed by atoms with Crippen LogP contribution in [0.15, 0.2) is 109 Å². The molecule has 1 aromatic heterocycles. The van der Waals surface area contributed by atoms with Crippen molar-refractivity contribution in [3.05, 3.63) is 153 Å². The zero-order chi connectivity index (χ0) is 47.9. The van der Waals surface area contributed by atoms with Gasteiger partial charge < -0.3 is 33.9 Å². The van der Waals surface area contributed by atoms with Crippen molar-refractivity contribution in [3.63, 3.8) is 0 Å². The summed E-state index contributed by atoms with van der Waals surface area (Å²) in [6.45, 7) is 0.394. The number of thioether (sulfide) groups is 1. The first-order valence-electron chi connectivity index (χ1n) is 23.2. The predicted molar refractivity (Wildman–Crippen MR) is 257 cm³/mol. The van der Waals surface area contributed by atoms with E-state index >= 15 is 0 Å². The maximum atomic E-state index is 14.0. The second kappa shape index (κ2) is 22.5. The number of aromatic nitrogens is 1. The Hall–Kier alpha value is -5.45. The molecule has 69 heavy (non-hydrogen) atoms. The molecule has 0 unspecified atom stereocenters. The molecule has 2 bridgehead atoms. The Labute approximate surface area is 413 Å². The summed E-state index contributed by atoms with van der Waals surface area (Å²) in [5.74, 6) is 1.29. The van der Waals surface area contributed by atoms with Crippen molar-refractivity contribution in [2.24, 2.45) is 11.8 Å². The first-order chi connectivity index (χ1) is 33.5. The maximum absolute atomic E-state index is 14.0. The maximum Gasteiger partial charge on any atom is 0.408 e. The minimum atomic E-state index is -3.05. The van der Waals surface area contributed by atoms with Gasteiger partial charge in [-0.3, -0.25) is 14.5 Å². The minimum Gasteiger partial charge on any atom is -0.489 e. The molecule has 362 valence electrons. The average molecular weight is 1000 g/mol. The van der Waals surface area contributed by atoms with Gasteiger partial charge in [0.05, 0.1) is 18.8 Å². The number of aromatic amines is 1. The van der Waals surface area contributed by atoms with Gasteiger partial charge in [-0.25, -0.2) is 9.78 Å². The molecule has 2 N–H and O–H groups in total. The molecule has 4 aliphatic heterocycles. The number of benzene rings is 4. The Morgan fingerprint density at radius 1 is 0.812 bits per heavy atom. The molecule has 4 aromatic carbocycles. The van der Waals surface area contributed by atoms with Gasteiger partial charge in [-0.2, -0.15) is 8.78 Å². The fourth-order valence-corrected chi connectivity index (χ4v) is 10.7. The Bertz CT molecular complexity index is 2570. The first-order valence-corrected chi connectivity index (χ1v) is 25.0. The van der Waals surface area contributed by atoms with Crippen molar-refractivity contribution in [2.75, 3.05) is 45.1 Å². The van der Waals surface area contributed by atoms with Crippen LogP contribution in [0.4, 0.5) is 13.6 Å². The fraction of sp³-hybridized carbons (Fsp3) is 0.385. The minimum absolute atomic E-state index is 0.113. The van der Waals surface area contributed by atoms with E-state index in [0.717, 1.165) is 62.0 Å². The SMILES string of the molecule is O=C(N[C@@H](c1ccccc1)c1cccc(OCc2ccc(C(=O)N3CCS[C@H]3C(=O)CO[C@@H](Cc3c(Cl)c[nH+]cc3Cl)c3ccc(OC(F)F)c(OCC4CC4)c3)cc2)c1)O[C@H]1CN2CCC1CC2. The van der Waals surface area contributed by atoms with Crippen LogP contribution >= 0.6 is 35.0 Å². The van der Waals surface area contributed by atoms with Crippen LogP contribution in [0.2, 0.25) is 10.0 Å². The number of carbonyl (C=O) groups excluding carboxylic acids is 3. The number of alkyl carbamates (subject to hydrolysis) is 1. The summed E-state index contributed by atoms with van der Waals surface area (Å²) < 4.78 is 56.0. The molecule has 1 saturated carbocycles. The van der Waals surface area contributed by atoms with Crippen LogP contribution in [0, 0.1) is 11.8 Å². The highest BCUT2D eigenvalue weighted by Gasteiger charge is 2.38. The van der Waals surface area contributed by atoms with E-state index in [1.165, 1.54) is 17.8 Å². The number of Topliss-reactive ketones (excluding diaryl/α,β-unsaturated/α-hetero) is 1. The topological polar surface area (TPSA) is 130 Å². The number of H-pyrrole nitrogens is 1. The number of amides is 2. The summed E-state index contributed by atoms with van der Waals surface area (Å²) >= 11 is 14.4. The normalized spacial score (nSPS) is 20.6. The highest BCUT2D eigenvalue weighted by Crippen LogP contribution is 2.39. The standard InChI is InChI=1S/C52H52Cl2F2N4O8S/c53-41-26-57-27-42(54)40(41)25-45(37-15-16-44(67-51(55)56)46(24-37)65-30-32-9-10-32)66-31-43(61)50-60(21-22-69-50)49(62)36-13-11-33(12-14-36)29-64-39-8-4-7-38(23-39)48(35-5-2-1-3-6-35)58-52(63)68-47-28-59-19-17-34(47)18-20-59/h1-8,11-16,23-24,26-27,32,34,45,47-48,50-51H,9-10,17-22,25,28-31H2,(H,58,63)/p+1/t45-,47-,48-,50-/m0/s1. The predicted octanol–water partition coefficient (Wildman–Crippen LogP) is 9.77. The van der Waals surface area contributed by atoms with Crippen molar-refractivity contribution in [2.45, 2.75) is 68.9 Å². The van der Waals surface area contributed by atoms with E-state index in [1.54, 1.807) is 41.6 Å². The summed E-state index contributed by atoms with van der Waals surface area (Å²) in [7, 11) is 0. The Morgan fingerprint density at radius 2 is 1.57 bits per heavy atom. The van der Waals surface area contributed by atoms with Crippen LogP contribution in [-0.4, -0.2) is 90.8 Å². The number of halogens is 4. The number of ether oxygens (including phenoxy) is 5. The number of pyridine rings is 1. The van der Waals surface area contributed by atoms with Crippen molar-refractivity contribution in [3.8, 4) is 17.2 Å². The number of nitrogens with one attached hydrogen (secondary N) is 2. The molecule has 12 nitrogen and oxygen atoms in total. The molecule has 2 amide bonds. The number of hydrogen-bond acceptors (Lipinski definition) is 10. The number of ketones is 1. The molecule has 0 spiro atoms. The second-order valence-electron chi connectivity index (χ2n) is 17.8. The van der Waals surface area contributed by atoms with Gasteiger partial charge in [0, 0.05) is 36.4 Å². The molecule has 5 aromatic rings. The molecule has 17 heteroatoms. The largest absolute Gasteiger partial charge is 0.489 e. The highest BCUT2D eigenvalue weighted by molar-refractivity contribution is 8.00. The van der Waals surface area contributed by atoms with Gasteiger partial charge in [0.2, 0.25) is 0 Å². The quantitative estimate of drug-likeness (QED) is 0.0805. The number of carbonyl (C=O) groups is 3. The number of piperidine rings is 3. The van der Waals surface area contributed by atoms with Gasteiger partial charge in [0.1, 0.15) is 40.5 Å². The Kier molecular flexibility index (Phi) is 15.9. The molecule has 4 saturated heterocycles. The van der Waals surface area contributed by atoms with Crippen LogP contribution in [-0.2, 0) is 27.3 Å². The van der Waals surface area contributed by atoms with Gasteiger partial charge in [0.25, 0.3) is 5.91 Å². The van der Waals surface area contributed by atoms with E-state index in [4.69, 9.17) is 46.9 Å². The van der Waals surface area contributed by atoms with Gasteiger partial charge in [0.15, 0.2) is 29.7 Å². The van der Waals surface area contributed by atoms with Crippen molar-refractivity contribution < 1.29 is 51.8 Å². The third-order valence-electron chi connectivity index (χ3n) is 13.0. The van der Waals surface area contributed by atoms with Crippen molar-refractivity contribution >= 4 is 52.7 Å². The third-order valence-corrected chi connectivity index (χ3v) is 14.9. The van der Waals surface area contributed by atoms with Crippen molar-refractivity contribution in [1.82, 2.24) is 15.1 Å². The molecule has 5 heterocycles. The Morgan fingerprint density at radius 3 is 2.28 bits per heavy atom. The molecule has 0 radical (unpaired) electrons. The smallest absolute Gasteiger partial charge is 0.408 e. The molecule has 4 atom stereocenters. The van der Waals surface area contributed by atoms with Crippen LogP contribution in [0.5, 0.6) is 17.2 Å². The third kappa shape index (κ3) is 12.5. The van der Waals surface area contributed by atoms with E-state index in [2.05, 4.69) is 15.2 Å². The van der Waals surface area contributed by atoms with Crippen LogP contribution < -0.4 is 24.5 Å². The lowest BCUT2D eigenvalue weighted by molar-refractivity contribution is -0.377. The van der Waals surface area contributed by atoms with Gasteiger partial charge in [-0.15, -0.1) is 11.8 Å². The zero-order valence-electron chi connectivity index (χ0n) is 37.7. The summed E-state index contributed by atoms with van der Waals surface area (Å²) in [4.78, 5) is 48.0. The number of hydrogen-bond donors (Lipinski definition) is 1. The van der Waals surface area contributed by atoms with Crippen LogP contribution in [0.25, 0.3) is 0 Å². The van der Waals surface area contributed by atoms with E-state index in [9.17, 15) is 23.2 Å². The molecule has 5 aliphatic rings. The van der Waals surface area contributed by atoms with Gasteiger partial charge >= 0.3 is 12.7 Å². The van der Waals surface area contributed by atoms with Crippen LogP contribution in [0.3, 0.4) is 0 Å². The number of alkyl halides is 2. The molecule has 1 aliphatic carbocycles. The first kappa shape index (κ1) is 48.6. The summed E-state index contributed by atoms with van der Waals surface area (Å²) in [5.41, 5.74) is 4.07. The van der Waals surface area contributed by atoms with Gasteiger partial charge in [-0.05, 0) is 109 Å². The monoisotopic (exact) mass is 1000 g/mol. The van der Waals surface area contributed by atoms with Crippen molar-refractivity contribution in [1.29, 1.82) is 0 Å². The second-order valence-corrected chi connectivity index (χ2v) is 19.8. The summed E-state index contributed by atoms with van der Waals surface area (Å²) in [6, 6.07) is 28.5. The Balaban J connectivity index is 0.831. The summed E-state index contributed by atoms with van der Waals surface area (Å²) in [6.07, 6.45) is 5.99. The lowest BCUT2D eigenvalue weighted by Crippen LogP contribution is -2.52. The molecular formula is C52H53Cl2F2N4O8S+. The molecular weight excluding hydrogens is 950 g/mol. The highest BCUT2D eigenvalue weighted by atomic mass is 35.5. The lowest BCUT2D eigenvalue weighted by atomic mass is 9.86. The van der Waals surface area contributed by atoms with E-state index < -0.39 is 30.2 Å². The zero-order valence-corrected chi connectivity index (χ0v) is 40.0. The van der Waals surface area contributed by atoms with Crippen LogP contribution in [0.1, 0.15) is 76.0 Å². The summed E-state index contributed by atoms with van der Waals surface area (Å²) in [5, 5.41) is 3.01. The average Bonchev–Trinajstić information content (AvgIpc) is 4.07. The molecule has 10 rings (SSSR count). The van der Waals surface area contributed by atoms with E-state index in [1.807, 2.05) is 66.7 Å². The number of nitrogens with zero attached hydrogens (tertiary/aromatic N) is 2.